The van der Waals surface area contributed by atoms with Crippen LogP contribution in [0.1, 0.15) is 16.1 Å². The number of amides is 1. The van der Waals surface area contributed by atoms with Crippen LogP contribution < -0.4 is 5.32 Å². The number of carbonyl (C=O) groups excluding carboxylic acids is 1. The number of piperazine rings is 1. The minimum Gasteiger partial charge on any atom is -0.339 e. The van der Waals surface area contributed by atoms with Crippen LogP contribution >= 0.6 is 11.6 Å². The lowest BCUT2D eigenvalue weighted by atomic mass is 10.2. The van der Waals surface area contributed by atoms with Gasteiger partial charge in [-0.1, -0.05) is 11.6 Å². The van der Waals surface area contributed by atoms with Crippen molar-refractivity contribution in [2.45, 2.75) is 6.92 Å². The van der Waals surface area contributed by atoms with Gasteiger partial charge in [-0.25, -0.2) is 9.97 Å². The summed E-state index contributed by atoms with van der Waals surface area (Å²) in [5.74, 6) is 0.528. The van der Waals surface area contributed by atoms with Crippen molar-refractivity contribution in [1.29, 1.82) is 0 Å². The summed E-state index contributed by atoms with van der Waals surface area (Å²) in [6, 6.07) is 5.58. The maximum Gasteiger partial charge on any atom is 0.274 e. The van der Waals surface area contributed by atoms with E-state index in [4.69, 9.17) is 11.6 Å². The summed E-state index contributed by atoms with van der Waals surface area (Å²) >= 11 is 5.96. The standard InChI is InChI=1S/C17H20ClN5O/c1-12-9-13(18)3-4-14(12)21-16-11-19-15(10-20-16)17(24)23-7-5-22(2)6-8-23/h3-4,9-11H,5-8H2,1-2H3,(H,20,21). The van der Waals surface area contributed by atoms with Gasteiger partial charge >= 0.3 is 0 Å². The molecular weight excluding hydrogens is 326 g/mol. The number of halogens is 1. The molecule has 1 amide bonds. The first-order valence-corrected chi connectivity index (χ1v) is 8.24. The molecule has 0 spiro atoms. The summed E-state index contributed by atoms with van der Waals surface area (Å²) in [5, 5.41) is 3.88. The summed E-state index contributed by atoms with van der Waals surface area (Å²) in [6.45, 7) is 5.18. The molecule has 0 saturated carbocycles. The summed E-state index contributed by atoms with van der Waals surface area (Å²) in [6.07, 6.45) is 3.10. The highest BCUT2D eigenvalue weighted by molar-refractivity contribution is 6.30. The number of aryl methyl sites for hydroxylation is 1. The van der Waals surface area contributed by atoms with Gasteiger partial charge in [0.05, 0.1) is 12.4 Å². The Morgan fingerprint density at radius 3 is 2.54 bits per heavy atom. The van der Waals surface area contributed by atoms with E-state index in [-0.39, 0.29) is 5.91 Å². The van der Waals surface area contributed by atoms with Crippen LogP contribution in [0.3, 0.4) is 0 Å². The minimum atomic E-state index is -0.0650. The summed E-state index contributed by atoms with van der Waals surface area (Å²) in [5.41, 5.74) is 2.30. The number of nitrogens with one attached hydrogen (secondary N) is 1. The normalized spacial score (nSPS) is 15.4. The van der Waals surface area contributed by atoms with Crippen LogP contribution in [0.4, 0.5) is 11.5 Å². The van der Waals surface area contributed by atoms with Crippen LogP contribution in [0.25, 0.3) is 0 Å². The van der Waals surface area contributed by atoms with E-state index in [1.54, 1.807) is 6.20 Å². The smallest absolute Gasteiger partial charge is 0.274 e. The fraction of sp³-hybridized carbons (Fsp3) is 0.353. The Bertz CT molecular complexity index is 726. The Morgan fingerprint density at radius 1 is 1.17 bits per heavy atom. The Labute approximate surface area is 146 Å². The number of carbonyl (C=O) groups is 1. The summed E-state index contributed by atoms with van der Waals surface area (Å²) < 4.78 is 0. The number of aromatic nitrogens is 2. The molecule has 6 nitrogen and oxygen atoms in total. The quantitative estimate of drug-likeness (QED) is 0.926. The molecule has 1 saturated heterocycles. The zero-order valence-corrected chi connectivity index (χ0v) is 14.5. The van der Waals surface area contributed by atoms with Crippen LogP contribution in [0.5, 0.6) is 0 Å². The minimum absolute atomic E-state index is 0.0650. The number of anilines is 2. The third-order valence-electron chi connectivity index (χ3n) is 4.11. The Balaban J connectivity index is 1.68. The average molecular weight is 346 g/mol. The SMILES string of the molecule is Cc1cc(Cl)ccc1Nc1cnc(C(=O)N2CCN(C)CC2)cn1. The van der Waals surface area contributed by atoms with Crippen molar-refractivity contribution < 1.29 is 4.79 Å². The van der Waals surface area contributed by atoms with Crippen molar-refractivity contribution in [3.8, 4) is 0 Å². The maximum atomic E-state index is 12.4. The van der Waals surface area contributed by atoms with Gasteiger partial charge in [0.25, 0.3) is 5.91 Å². The molecular formula is C17H20ClN5O. The van der Waals surface area contributed by atoms with Crippen molar-refractivity contribution >= 4 is 29.0 Å². The van der Waals surface area contributed by atoms with Gasteiger partial charge < -0.3 is 15.1 Å². The van der Waals surface area contributed by atoms with Gasteiger partial charge in [0.1, 0.15) is 11.5 Å². The van der Waals surface area contributed by atoms with Crippen molar-refractivity contribution in [3.63, 3.8) is 0 Å². The highest BCUT2D eigenvalue weighted by Gasteiger charge is 2.21. The highest BCUT2D eigenvalue weighted by atomic mass is 35.5. The lowest BCUT2D eigenvalue weighted by molar-refractivity contribution is 0.0658. The van der Waals surface area contributed by atoms with E-state index >= 15 is 0 Å². The molecule has 0 atom stereocenters. The fourth-order valence-electron chi connectivity index (χ4n) is 2.58. The van der Waals surface area contributed by atoms with E-state index in [2.05, 4.69) is 27.2 Å². The molecule has 0 bridgehead atoms. The number of nitrogens with zero attached hydrogens (tertiary/aromatic N) is 4. The molecule has 1 N–H and O–H groups in total. The van der Waals surface area contributed by atoms with Crippen molar-refractivity contribution in [2.75, 3.05) is 38.5 Å². The number of likely N-dealkylation sites (N-methyl/N-ethyl adjacent to an activating group) is 1. The molecule has 0 aliphatic carbocycles. The lowest BCUT2D eigenvalue weighted by Crippen LogP contribution is -2.47. The predicted molar refractivity (Wildman–Crippen MR) is 94.9 cm³/mol. The topological polar surface area (TPSA) is 61.4 Å². The van der Waals surface area contributed by atoms with Crippen molar-refractivity contribution in [3.05, 3.63) is 46.9 Å². The summed E-state index contributed by atoms with van der Waals surface area (Å²) in [7, 11) is 2.06. The van der Waals surface area contributed by atoms with Crippen LogP contribution in [0, 0.1) is 6.92 Å². The third-order valence-corrected chi connectivity index (χ3v) is 4.35. The highest BCUT2D eigenvalue weighted by Crippen LogP contribution is 2.22. The lowest BCUT2D eigenvalue weighted by Gasteiger charge is -2.32. The molecule has 1 aliphatic heterocycles. The van der Waals surface area contributed by atoms with E-state index in [1.807, 2.05) is 30.0 Å². The van der Waals surface area contributed by atoms with Gasteiger partial charge in [0.15, 0.2) is 0 Å². The molecule has 24 heavy (non-hydrogen) atoms. The number of rotatable bonds is 3. The Kier molecular flexibility index (Phi) is 4.97. The predicted octanol–water partition coefficient (Wildman–Crippen LogP) is 2.57. The molecule has 7 heteroatoms. The Morgan fingerprint density at radius 2 is 1.92 bits per heavy atom. The first-order chi connectivity index (χ1) is 11.5. The second-order valence-electron chi connectivity index (χ2n) is 5.97. The van der Waals surface area contributed by atoms with Crippen LogP contribution in [0.15, 0.2) is 30.6 Å². The van der Waals surface area contributed by atoms with E-state index in [9.17, 15) is 4.79 Å². The number of hydrogen-bond donors (Lipinski definition) is 1. The fourth-order valence-corrected chi connectivity index (χ4v) is 2.81. The molecule has 0 unspecified atom stereocenters. The molecule has 1 aromatic carbocycles. The molecule has 1 aliphatic rings. The van der Waals surface area contributed by atoms with E-state index in [0.29, 0.717) is 16.5 Å². The molecule has 2 heterocycles. The van der Waals surface area contributed by atoms with Gasteiger partial charge in [-0.15, -0.1) is 0 Å². The molecule has 2 aromatic rings. The second kappa shape index (κ2) is 7.15. The van der Waals surface area contributed by atoms with Crippen molar-refractivity contribution in [2.24, 2.45) is 0 Å². The molecule has 1 aromatic heterocycles. The zero-order chi connectivity index (χ0) is 17.1. The molecule has 1 fully saturated rings. The van der Waals surface area contributed by atoms with Gasteiger partial charge in [-0.3, -0.25) is 4.79 Å². The maximum absolute atomic E-state index is 12.4. The van der Waals surface area contributed by atoms with Crippen LogP contribution in [-0.4, -0.2) is 58.9 Å². The molecule has 0 radical (unpaired) electrons. The first kappa shape index (κ1) is 16.7. The largest absolute Gasteiger partial charge is 0.339 e. The van der Waals surface area contributed by atoms with E-state index < -0.39 is 0 Å². The first-order valence-electron chi connectivity index (χ1n) is 7.86. The molecule has 3 rings (SSSR count). The van der Waals surface area contributed by atoms with Crippen molar-refractivity contribution in [1.82, 2.24) is 19.8 Å². The monoisotopic (exact) mass is 345 g/mol. The van der Waals surface area contributed by atoms with Gasteiger partial charge in [-0.2, -0.15) is 0 Å². The number of benzene rings is 1. The zero-order valence-electron chi connectivity index (χ0n) is 13.8. The van der Waals surface area contributed by atoms with Crippen LogP contribution in [0.2, 0.25) is 5.02 Å². The van der Waals surface area contributed by atoms with E-state index in [0.717, 1.165) is 37.4 Å². The molecule has 126 valence electrons. The number of hydrogen-bond acceptors (Lipinski definition) is 5. The summed E-state index contributed by atoms with van der Waals surface area (Å²) in [4.78, 5) is 25.0. The van der Waals surface area contributed by atoms with Gasteiger partial charge in [0, 0.05) is 36.9 Å². The Hall–Kier alpha value is -2.18. The van der Waals surface area contributed by atoms with Crippen LogP contribution in [-0.2, 0) is 0 Å². The van der Waals surface area contributed by atoms with E-state index in [1.165, 1.54) is 6.20 Å². The van der Waals surface area contributed by atoms with Gasteiger partial charge in [-0.05, 0) is 37.7 Å². The average Bonchev–Trinajstić information content (AvgIpc) is 2.58. The second-order valence-corrected chi connectivity index (χ2v) is 6.40. The van der Waals surface area contributed by atoms with Gasteiger partial charge in [0.2, 0.25) is 0 Å². The third kappa shape index (κ3) is 3.83.